The summed E-state index contributed by atoms with van der Waals surface area (Å²) in [5.74, 6) is 1.19. The smallest absolute Gasteiger partial charge is 0.392 e. The zero-order valence-corrected chi connectivity index (χ0v) is 21.1. The predicted octanol–water partition coefficient (Wildman–Crippen LogP) is 8.26. The molecular weight excluding hydrogens is 409 g/mol. The van der Waals surface area contributed by atoms with Crippen LogP contribution < -0.4 is 0 Å². The molecule has 4 fully saturated rings. The molecule has 1 N–H and O–H groups in total. The second-order valence-corrected chi connectivity index (χ2v) is 13.3. The van der Waals surface area contributed by atoms with E-state index < -0.39 is 12.1 Å². The van der Waals surface area contributed by atoms with Crippen molar-refractivity contribution in [1.82, 2.24) is 0 Å². The van der Waals surface area contributed by atoms with Gasteiger partial charge < -0.3 is 5.11 Å². The number of hydrogen-bond acceptors (Lipinski definition) is 1. The molecule has 0 bridgehead atoms. The molecular formula is C28H47F3O. The monoisotopic (exact) mass is 456 g/mol. The second kappa shape index (κ2) is 8.76. The number of aliphatic hydroxyl groups is 1. The minimum Gasteiger partial charge on any atom is -0.393 e. The normalized spacial score (nSPS) is 47.6. The van der Waals surface area contributed by atoms with Crippen LogP contribution in [-0.2, 0) is 0 Å². The van der Waals surface area contributed by atoms with Gasteiger partial charge in [0.1, 0.15) is 0 Å². The third-order valence-corrected chi connectivity index (χ3v) is 11.3. The fraction of sp³-hybridized carbons (Fsp3) is 1.00. The lowest BCUT2D eigenvalue weighted by Crippen LogP contribution is -2.54. The van der Waals surface area contributed by atoms with Crippen molar-refractivity contribution < 1.29 is 18.3 Å². The topological polar surface area (TPSA) is 20.2 Å². The number of hydrogen-bond donors (Lipinski definition) is 1. The van der Waals surface area contributed by atoms with Crippen LogP contribution in [-0.4, -0.2) is 17.4 Å². The number of rotatable bonds is 5. The first-order valence-corrected chi connectivity index (χ1v) is 13.6. The summed E-state index contributed by atoms with van der Waals surface area (Å²) >= 11 is 0. The van der Waals surface area contributed by atoms with Gasteiger partial charge in [0.2, 0.25) is 0 Å². The molecule has 0 spiro atoms. The Labute approximate surface area is 194 Å². The molecule has 1 nitrogen and oxygen atoms in total. The van der Waals surface area contributed by atoms with Gasteiger partial charge >= 0.3 is 6.18 Å². The van der Waals surface area contributed by atoms with Crippen molar-refractivity contribution in [3.63, 3.8) is 0 Å². The summed E-state index contributed by atoms with van der Waals surface area (Å²) < 4.78 is 43.2. The van der Waals surface area contributed by atoms with Crippen LogP contribution in [0.5, 0.6) is 0 Å². The molecule has 0 saturated heterocycles. The summed E-state index contributed by atoms with van der Waals surface area (Å²) in [5, 5.41) is 10.2. The highest BCUT2D eigenvalue weighted by Crippen LogP contribution is 2.71. The molecule has 0 aromatic carbocycles. The Morgan fingerprint density at radius 3 is 2.22 bits per heavy atom. The summed E-state index contributed by atoms with van der Waals surface area (Å²) in [6, 6.07) is 0. The maximum atomic E-state index is 14.4. The fourth-order valence-electron chi connectivity index (χ4n) is 9.73. The van der Waals surface area contributed by atoms with Gasteiger partial charge in [-0.2, -0.15) is 13.2 Å². The van der Waals surface area contributed by atoms with Crippen LogP contribution in [0.4, 0.5) is 13.2 Å². The van der Waals surface area contributed by atoms with Gasteiger partial charge in [0, 0.05) is 0 Å². The van der Waals surface area contributed by atoms with Crippen molar-refractivity contribution in [3.05, 3.63) is 0 Å². The summed E-state index contributed by atoms with van der Waals surface area (Å²) in [5.41, 5.74) is 0.0498. The molecule has 0 radical (unpaired) electrons. The number of fused-ring (bicyclic) bond motifs is 5. The van der Waals surface area contributed by atoms with Crippen molar-refractivity contribution in [3.8, 4) is 0 Å². The fourth-order valence-corrected chi connectivity index (χ4v) is 9.73. The average molecular weight is 457 g/mol. The molecule has 4 saturated carbocycles. The summed E-state index contributed by atoms with van der Waals surface area (Å²) in [4.78, 5) is 0. The van der Waals surface area contributed by atoms with Crippen LogP contribution in [0.3, 0.4) is 0 Å². The van der Waals surface area contributed by atoms with Crippen molar-refractivity contribution in [1.29, 1.82) is 0 Å². The van der Waals surface area contributed by atoms with E-state index in [1.165, 1.54) is 0 Å². The highest BCUT2D eigenvalue weighted by atomic mass is 19.4. The molecule has 0 heterocycles. The Hall–Kier alpha value is -0.250. The van der Waals surface area contributed by atoms with E-state index in [9.17, 15) is 18.3 Å². The maximum Gasteiger partial charge on any atom is 0.392 e. The van der Waals surface area contributed by atoms with Crippen LogP contribution >= 0.6 is 0 Å². The molecule has 186 valence electrons. The van der Waals surface area contributed by atoms with E-state index >= 15 is 0 Å². The molecule has 3 unspecified atom stereocenters. The number of aliphatic hydroxyl groups excluding tert-OH is 1. The Kier molecular flexibility index (Phi) is 6.80. The van der Waals surface area contributed by atoms with Crippen molar-refractivity contribution in [2.45, 2.75) is 118 Å². The molecule has 0 aliphatic heterocycles. The summed E-state index contributed by atoms with van der Waals surface area (Å²) in [6.45, 7) is 11.2. The number of halogens is 3. The van der Waals surface area contributed by atoms with Gasteiger partial charge in [-0.15, -0.1) is 0 Å². The lowest BCUT2D eigenvalue weighted by atomic mass is 9.44. The molecule has 0 aromatic rings. The molecule has 0 amide bonds. The van der Waals surface area contributed by atoms with E-state index in [4.69, 9.17) is 0 Å². The number of alkyl halides is 3. The van der Waals surface area contributed by atoms with Crippen molar-refractivity contribution >= 4 is 0 Å². The van der Waals surface area contributed by atoms with E-state index in [1.807, 2.05) is 0 Å². The van der Waals surface area contributed by atoms with Gasteiger partial charge in [0.15, 0.2) is 0 Å². The Balaban J connectivity index is 1.59. The van der Waals surface area contributed by atoms with E-state index in [2.05, 4.69) is 34.6 Å². The van der Waals surface area contributed by atoms with E-state index in [1.54, 1.807) is 0 Å². The maximum absolute atomic E-state index is 14.4. The van der Waals surface area contributed by atoms with Gasteiger partial charge in [-0.05, 0) is 104 Å². The van der Waals surface area contributed by atoms with E-state index in [0.717, 1.165) is 64.2 Å². The van der Waals surface area contributed by atoms with Gasteiger partial charge in [-0.3, -0.25) is 0 Å². The Morgan fingerprint density at radius 2 is 1.56 bits per heavy atom. The molecule has 4 aliphatic rings. The second-order valence-electron chi connectivity index (χ2n) is 13.3. The molecule has 4 aliphatic carbocycles. The van der Waals surface area contributed by atoms with Crippen LogP contribution in [0.2, 0.25) is 0 Å². The highest BCUT2D eigenvalue weighted by molar-refractivity contribution is 5.12. The van der Waals surface area contributed by atoms with Crippen LogP contribution in [0.25, 0.3) is 0 Å². The largest absolute Gasteiger partial charge is 0.393 e. The zero-order valence-electron chi connectivity index (χ0n) is 21.1. The minimum atomic E-state index is -4.08. The van der Waals surface area contributed by atoms with Gasteiger partial charge in [-0.1, -0.05) is 53.9 Å². The van der Waals surface area contributed by atoms with E-state index in [0.29, 0.717) is 30.1 Å². The molecule has 4 rings (SSSR count). The van der Waals surface area contributed by atoms with Crippen LogP contribution in [0.15, 0.2) is 0 Å². The standard InChI is InChI=1S/C28H47F3O/c1-17(2)7-6-8-18(3)25-24(28(29,30)31)16-23-21-10-9-19-15-20(32)11-13-26(19,4)22(21)12-14-27(23,25)5/h17-25,32H,6-16H2,1-5H3/t18-,19?,20?,21-,22+,23+,24?,25+,26+,27+/m1/s1. The lowest BCUT2D eigenvalue weighted by Gasteiger charge is -2.61. The highest BCUT2D eigenvalue weighted by Gasteiger charge is 2.66. The molecule has 4 heteroatoms. The third-order valence-electron chi connectivity index (χ3n) is 11.3. The van der Waals surface area contributed by atoms with E-state index in [-0.39, 0.29) is 34.7 Å². The van der Waals surface area contributed by atoms with Crippen LogP contribution in [0.1, 0.15) is 105 Å². The zero-order chi connectivity index (χ0) is 23.5. The predicted molar refractivity (Wildman–Crippen MR) is 124 cm³/mol. The van der Waals surface area contributed by atoms with Gasteiger partial charge in [0.05, 0.1) is 12.0 Å². The molecule has 10 atom stereocenters. The van der Waals surface area contributed by atoms with Crippen molar-refractivity contribution in [2.24, 2.45) is 58.2 Å². The summed E-state index contributed by atoms with van der Waals surface area (Å²) in [7, 11) is 0. The molecule has 0 aromatic heterocycles. The first-order chi connectivity index (χ1) is 14.9. The lowest BCUT2D eigenvalue weighted by molar-refractivity contribution is -0.194. The first kappa shape index (κ1) is 24.9. The van der Waals surface area contributed by atoms with Crippen molar-refractivity contribution in [2.75, 3.05) is 0 Å². The van der Waals surface area contributed by atoms with Crippen LogP contribution in [0, 0.1) is 58.2 Å². The molecule has 32 heavy (non-hydrogen) atoms. The first-order valence-electron chi connectivity index (χ1n) is 13.6. The minimum absolute atomic E-state index is 0.142. The summed E-state index contributed by atoms with van der Waals surface area (Å²) in [6.07, 6.45) is 6.30. The SMILES string of the molecule is CC(C)CCC[C@@H](C)[C@H]1C(C(F)(F)F)C[C@H]2[C@@H]3CCC4CC(O)CC[C@]4(C)[C@H]3CC[C@]12C. The quantitative estimate of drug-likeness (QED) is 0.441. The van der Waals surface area contributed by atoms with Gasteiger partial charge in [0.25, 0.3) is 0 Å². The third kappa shape index (κ3) is 4.17. The average Bonchev–Trinajstić information content (AvgIpc) is 3.02. The van der Waals surface area contributed by atoms with Gasteiger partial charge in [-0.25, -0.2) is 0 Å². The Morgan fingerprint density at radius 1 is 0.875 bits per heavy atom. The Bertz CT molecular complexity index is 660.